The van der Waals surface area contributed by atoms with Gasteiger partial charge in [0.05, 0.1) is 0 Å². The van der Waals surface area contributed by atoms with Crippen molar-refractivity contribution < 1.29 is 0 Å². The van der Waals surface area contributed by atoms with Gasteiger partial charge in [-0.1, -0.05) is 65.7 Å². The lowest BCUT2D eigenvalue weighted by atomic mass is 9.66. The highest BCUT2D eigenvalue weighted by atomic mass is 14.5. The van der Waals surface area contributed by atoms with Crippen molar-refractivity contribution in [2.75, 3.05) is 0 Å². The summed E-state index contributed by atoms with van der Waals surface area (Å²) in [5.74, 6) is 3.10. The Labute approximate surface area is 109 Å². The lowest BCUT2D eigenvalue weighted by Gasteiger charge is -2.39. The molecule has 0 bridgehead atoms. The molecular weight excluding hydrogens is 204 g/mol. The number of rotatable bonds is 1. The van der Waals surface area contributed by atoms with Gasteiger partial charge in [0, 0.05) is 0 Å². The minimum atomic E-state index is 0.659. The van der Waals surface area contributed by atoms with E-state index < -0.39 is 0 Å². The largest absolute Gasteiger partial charge is 0.0649 e. The molecule has 2 aliphatic rings. The van der Waals surface area contributed by atoms with Gasteiger partial charge in [0.2, 0.25) is 0 Å². The summed E-state index contributed by atoms with van der Waals surface area (Å²) in [6.45, 7) is 7.53. The fourth-order valence-corrected chi connectivity index (χ4v) is 4.67. The van der Waals surface area contributed by atoms with Crippen molar-refractivity contribution in [1.82, 2.24) is 0 Å². The van der Waals surface area contributed by atoms with Crippen LogP contribution in [0.3, 0.4) is 0 Å². The summed E-state index contributed by atoms with van der Waals surface area (Å²) in [4.78, 5) is 0. The van der Waals surface area contributed by atoms with E-state index in [9.17, 15) is 0 Å². The molecule has 0 spiro atoms. The van der Waals surface area contributed by atoms with E-state index in [0.29, 0.717) is 5.41 Å². The number of fused-ring (bicyclic) bond motifs is 1. The summed E-state index contributed by atoms with van der Waals surface area (Å²) < 4.78 is 0. The van der Waals surface area contributed by atoms with Crippen LogP contribution in [-0.2, 0) is 0 Å². The SMILES string of the molecule is CCC1(C)CCCCCCCC2CC(C)CC21. The third-order valence-electron chi connectivity index (χ3n) is 5.96. The average molecular weight is 236 g/mol. The van der Waals surface area contributed by atoms with Crippen molar-refractivity contribution in [3.8, 4) is 0 Å². The fraction of sp³-hybridized carbons (Fsp3) is 1.00. The fourth-order valence-electron chi connectivity index (χ4n) is 4.67. The van der Waals surface area contributed by atoms with Crippen LogP contribution < -0.4 is 0 Å². The first kappa shape index (κ1) is 13.4. The molecule has 0 saturated heterocycles. The van der Waals surface area contributed by atoms with Crippen molar-refractivity contribution in [2.24, 2.45) is 23.2 Å². The van der Waals surface area contributed by atoms with E-state index in [1.54, 1.807) is 0 Å². The molecule has 0 heteroatoms. The molecule has 0 N–H and O–H groups in total. The molecule has 0 aromatic heterocycles. The van der Waals surface area contributed by atoms with Crippen LogP contribution in [0.25, 0.3) is 0 Å². The Hall–Kier alpha value is 0. The standard InChI is InChI=1S/C17H32/c1-4-17(3)11-9-7-5-6-8-10-15-12-14(2)13-16(15)17/h14-16H,4-13H2,1-3H3. The Morgan fingerprint density at radius 2 is 1.71 bits per heavy atom. The lowest BCUT2D eigenvalue weighted by molar-refractivity contribution is 0.107. The molecule has 0 heterocycles. The minimum Gasteiger partial charge on any atom is -0.0649 e. The maximum atomic E-state index is 2.60. The van der Waals surface area contributed by atoms with Gasteiger partial charge < -0.3 is 0 Å². The third kappa shape index (κ3) is 3.06. The molecule has 0 amide bonds. The van der Waals surface area contributed by atoms with Crippen molar-refractivity contribution >= 4 is 0 Å². The van der Waals surface area contributed by atoms with Crippen molar-refractivity contribution in [3.63, 3.8) is 0 Å². The van der Waals surface area contributed by atoms with Crippen LogP contribution in [0, 0.1) is 23.2 Å². The summed E-state index contributed by atoms with van der Waals surface area (Å²) in [6.07, 6.45) is 15.0. The molecule has 0 aromatic rings. The maximum Gasteiger partial charge on any atom is -0.0297 e. The first-order valence-corrected chi connectivity index (χ1v) is 8.15. The van der Waals surface area contributed by atoms with Gasteiger partial charge in [0.15, 0.2) is 0 Å². The summed E-state index contributed by atoms with van der Waals surface area (Å²) in [7, 11) is 0. The summed E-state index contributed by atoms with van der Waals surface area (Å²) in [5.41, 5.74) is 0.659. The first-order chi connectivity index (χ1) is 8.15. The van der Waals surface area contributed by atoms with Gasteiger partial charge in [-0.3, -0.25) is 0 Å². The zero-order valence-corrected chi connectivity index (χ0v) is 12.3. The molecule has 2 saturated carbocycles. The van der Waals surface area contributed by atoms with E-state index in [1.165, 1.54) is 64.2 Å². The predicted molar refractivity (Wildman–Crippen MR) is 76.1 cm³/mol. The van der Waals surface area contributed by atoms with Gasteiger partial charge in [0.1, 0.15) is 0 Å². The Morgan fingerprint density at radius 1 is 1.00 bits per heavy atom. The molecule has 4 unspecified atom stereocenters. The van der Waals surface area contributed by atoms with Gasteiger partial charge in [-0.2, -0.15) is 0 Å². The third-order valence-corrected chi connectivity index (χ3v) is 5.96. The highest BCUT2D eigenvalue weighted by molar-refractivity contribution is 4.92. The minimum absolute atomic E-state index is 0.659. The van der Waals surface area contributed by atoms with Crippen molar-refractivity contribution in [3.05, 3.63) is 0 Å². The molecular formula is C17H32. The second kappa shape index (κ2) is 5.76. The molecule has 2 aliphatic carbocycles. The van der Waals surface area contributed by atoms with E-state index in [0.717, 1.165) is 17.8 Å². The van der Waals surface area contributed by atoms with Gasteiger partial charge in [0.25, 0.3) is 0 Å². The van der Waals surface area contributed by atoms with E-state index in [1.807, 2.05) is 0 Å². The zero-order valence-electron chi connectivity index (χ0n) is 12.3. The molecule has 2 rings (SSSR count). The Balaban J connectivity index is 2.11. The predicted octanol–water partition coefficient (Wildman–Crippen LogP) is 5.81. The smallest absolute Gasteiger partial charge is 0.0297 e. The normalized spacial score (nSPS) is 44.3. The maximum absolute atomic E-state index is 2.60. The van der Waals surface area contributed by atoms with Gasteiger partial charge in [-0.15, -0.1) is 0 Å². The molecule has 0 radical (unpaired) electrons. The van der Waals surface area contributed by atoms with Crippen LogP contribution in [0.4, 0.5) is 0 Å². The molecule has 0 aromatic carbocycles. The van der Waals surface area contributed by atoms with E-state index in [2.05, 4.69) is 20.8 Å². The van der Waals surface area contributed by atoms with E-state index in [4.69, 9.17) is 0 Å². The highest BCUT2D eigenvalue weighted by Gasteiger charge is 2.42. The number of hydrogen-bond acceptors (Lipinski definition) is 0. The quantitative estimate of drug-likeness (QED) is 0.539. The van der Waals surface area contributed by atoms with Gasteiger partial charge >= 0.3 is 0 Å². The molecule has 2 fully saturated rings. The van der Waals surface area contributed by atoms with Crippen LogP contribution in [0.2, 0.25) is 0 Å². The first-order valence-electron chi connectivity index (χ1n) is 8.15. The molecule has 4 atom stereocenters. The topological polar surface area (TPSA) is 0 Å². The second-order valence-electron chi connectivity index (χ2n) is 7.26. The Bertz CT molecular complexity index is 232. The summed E-state index contributed by atoms with van der Waals surface area (Å²) in [5, 5.41) is 0. The van der Waals surface area contributed by atoms with Crippen LogP contribution in [-0.4, -0.2) is 0 Å². The monoisotopic (exact) mass is 236 g/mol. The van der Waals surface area contributed by atoms with E-state index >= 15 is 0 Å². The zero-order chi connectivity index (χ0) is 12.3. The Kier molecular flexibility index (Phi) is 4.55. The molecule has 0 nitrogen and oxygen atoms in total. The lowest BCUT2D eigenvalue weighted by Crippen LogP contribution is -2.30. The average Bonchev–Trinajstić information content (AvgIpc) is 2.69. The number of hydrogen-bond donors (Lipinski definition) is 0. The van der Waals surface area contributed by atoms with Gasteiger partial charge in [-0.25, -0.2) is 0 Å². The van der Waals surface area contributed by atoms with Crippen molar-refractivity contribution in [1.29, 1.82) is 0 Å². The summed E-state index contributed by atoms with van der Waals surface area (Å²) >= 11 is 0. The van der Waals surface area contributed by atoms with E-state index in [-0.39, 0.29) is 0 Å². The van der Waals surface area contributed by atoms with Crippen LogP contribution in [0.1, 0.15) is 85.0 Å². The molecule has 17 heavy (non-hydrogen) atoms. The Morgan fingerprint density at radius 3 is 2.47 bits per heavy atom. The highest BCUT2D eigenvalue weighted by Crippen LogP contribution is 2.52. The van der Waals surface area contributed by atoms with Crippen LogP contribution >= 0.6 is 0 Å². The second-order valence-corrected chi connectivity index (χ2v) is 7.26. The molecule has 100 valence electrons. The van der Waals surface area contributed by atoms with Gasteiger partial charge in [-0.05, 0) is 42.4 Å². The van der Waals surface area contributed by atoms with Crippen molar-refractivity contribution in [2.45, 2.75) is 85.0 Å². The summed E-state index contributed by atoms with van der Waals surface area (Å²) in [6, 6.07) is 0. The molecule has 0 aliphatic heterocycles. The van der Waals surface area contributed by atoms with Crippen LogP contribution in [0.15, 0.2) is 0 Å². The van der Waals surface area contributed by atoms with Crippen LogP contribution in [0.5, 0.6) is 0 Å².